The first-order chi connectivity index (χ1) is 10.7. The second-order valence-corrected chi connectivity index (χ2v) is 6.31. The van der Waals surface area contributed by atoms with E-state index in [1.165, 1.54) is 45.6 Å². The minimum Gasteiger partial charge on any atom is -0.357 e. The maximum Gasteiger partial charge on any atom is 0.216 e. The zero-order chi connectivity index (χ0) is 15.8. The first-order valence-corrected chi connectivity index (χ1v) is 8.72. The molecule has 2 rings (SSSR count). The zero-order valence-corrected chi connectivity index (χ0v) is 16.8. The van der Waals surface area contributed by atoms with Gasteiger partial charge in [-0.05, 0) is 26.2 Å². The van der Waals surface area contributed by atoms with Crippen molar-refractivity contribution in [2.45, 2.75) is 58.0 Å². The molecule has 1 aliphatic carbocycles. The molecule has 1 saturated heterocycles. The summed E-state index contributed by atoms with van der Waals surface area (Å²) in [5.74, 6) is 0.863. The molecular weight excluding hydrogens is 405 g/mol. The van der Waals surface area contributed by atoms with Crippen molar-refractivity contribution in [3.05, 3.63) is 0 Å². The minimum absolute atomic E-state index is 0. The summed E-state index contributed by atoms with van der Waals surface area (Å²) in [6.45, 7) is 7.98. The Labute approximate surface area is 157 Å². The average molecular weight is 437 g/mol. The fourth-order valence-electron chi connectivity index (χ4n) is 3.42. The molecule has 6 nitrogen and oxygen atoms in total. The fourth-order valence-corrected chi connectivity index (χ4v) is 3.42. The maximum atomic E-state index is 10.9. The Balaban J connectivity index is 0.00000264. The molecule has 1 unspecified atom stereocenters. The van der Waals surface area contributed by atoms with Crippen LogP contribution < -0.4 is 16.0 Å². The number of aliphatic imine (C=N–C) groups is 1. The van der Waals surface area contributed by atoms with Gasteiger partial charge in [-0.1, -0.05) is 12.8 Å². The first kappa shape index (κ1) is 20.5. The Kier molecular flexibility index (Phi) is 9.85. The highest BCUT2D eigenvalue weighted by molar-refractivity contribution is 14.0. The lowest BCUT2D eigenvalue weighted by Gasteiger charge is -2.24. The highest BCUT2D eigenvalue weighted by atomic mass is 127. The van der Waals surface area contributed by atoms with Crippen LogP contribution in [0, 0.1) is 0 Å². The number of carbonyl (C=O) groups is 1. The number of hydrogen-bond acceptors (Lipinski definition) is 3. The minimum atomic E-state index is -0.00356. The third-order valence-electron chi connectivity index (χ3n) is 4.50. The molecule has 0 aromatic rings. The highest BCUT2D eigenvalue weighted by Crippen LogP contribution is 2.26. The third-order valence-corrected chi connectivity index (χ3v) is 4.50. The van der Waals surface area contributed by atoms with Gasteiger partial charge in [0, 0.05) is 45.2 Å². The van der Waals surface area contributed by atoms with Gasteiger partial charge in [-0.15, -0.1) is 24.0 Å². The standard InChI is InChI=1S/C16H31N5O.HI/c1-3-17-16(19-10-9-18-13(2)22)20-14-8-11-21(12-14)15-6-4-5-7-15;/h14-15H,3-12H2,1-2H3,(H,18,22)(H2,17,19,20);1H. The molecule has 23 heavy (non-hydrogen) atoms. The van der Waals surface area contributed by atoms with Gasteiger partial charge in [0.25, 0.3) is 0 Å². The van der Waals surface area contributed by atoms with Crippen molar-refractivity contribution in [1.82, 2.24) is 20.9 Å². The van der Waals surface area contributed by atoms with Gasteiger partial charge >= 0.3 is 0 Å². The van der Waals surface area contributed by atoms with Crippen molar-refractivity contribution in [3.8, 4) is 0 Å². The van der Waals surface area contributed by atoms with Crippen LogP contribution in [-0.2, 0) is 4.79 Å². The second kappa shape index (κ2) is 11.1. The van der Waals surface area contributed by atoms with E-state index in [1.54, 1.807) is 0 Å². The molecule has 1 saturated carbocycles. The molecule has 1 amide bonds. The van der Waals surface area contributed by atoms with Crippen LogP contribution in [-0.4, -0.2) is 61.6 Å². The predicted molar refractivity (Wildman–Crippen MR) is 105 cm³/mol. The summed E-state index contributed by atoms with van der Waals surface area (Å²) in [5, 5.41) is 9.60. The second-order valence-electron chi connectivity index (χ2n) is 6.31. The molecule has 0 radical (unpaired) electrons. The number of guanidine groups is 1. The van der Waals surface area contributed by atoms with Gasteiger partial charge < -0.3 is 16.0 Å². The largest absolute Gasteiger partial charge is 0.357 e. The van der Waals surface area contributed by atoms with Crippen LogP contribution in [0.3, 0.4) is 0 Å². The van der Waals surface area contributed by atoms with E-state index in [9.17, 15) is 4.79 Å². The van der Waals surface area contributed by atoms with E-state index < -0.39 is 0 Å². The summed E-state index contributed by atoms with van der Waals surface area (Å²) in [6.07, 6.45) is 6.72. The number of likely N-dealkylation sites (tertiary alicyclic amines) is 1. The average Bonchev–Trinajstić information content (AvgIpc) is 3.14. The molecule has 0 aromatic heterocycles. The van der Waals surface area contributed by atoms with Crippen molar-refractivity contribution in [1.29, 1.82) is 0 Å². The van der Waals surface area contributed by atoms with Crippen molar-refractivity contribution in [2.24, 2.45) is 4.99 Å². The molecule has 0 bridgehead atoms. The lowest BCUT2D eigenvalue weighted by molar-refractivity contribution is -0.118. The number of rotatable bonds is 6. The Hall–Kier alpha value is -0.570. The summed E-state index contributed by atoms with van der Waals surface area (Å²) >= 11 is 0. The number of amides is 1. The summed E-state index contributed by atoms with van der Waals surface area (Å²) in [4.78, 5) is 18.0. The van der Waals surface area contributed by atoms with E-state index in [0.29, 0.717) is 19.1 Å². The SMILES string of the molecule is CCNC(=NCCNC(C)=O)NC1CCN(C2CCCC2)C1.I. The Bertz CT molecular complexity index is 385. The fraction of sp³-hybridized carbons (Fsp3) is 0.875. The number of nitrogens with zero attached hydrogens (tertiary/aromatic N) is 2. The van der Waals surface area contributed by atoms with Gasteiger partial charge in [-0.2, -0.15) is 0 Å². The lowest BCUT2D eigenvalue weighted by atomic mass is 10.2. The molecule has 3 N–H and O–H groups in total. The Morgan fingerprint density at radius 1 is 1.22 bits per heavy atom. The molecular formula is C16H32IN5O. The number of halogens is 1. The molecule has 1 aliphatic heterocycles. The summed E-state index contributed by atoms with van der Waals surface area (Å²) in [5.41, 5.74) is 0. The molecule has 2 aliphatic rings. The summed E-state index contributed by atoms with van der Waals surface area (Å²) < 4.78 is 0. The van der Waals surface area contributed by atoms with E-state index in [-0.39, 0.29) is 29.9 Å². The van der Waals surface area contributed by atoms with Crippen LogP contribution in [0.15, 0.2) is 4.99 Å². The van der Waals surface area contributed by atoms with Gasteiger partial charge in [0.15, 0.2) is 5.96 Å². The van der Waals surface area contributed by atoms with Crippen molar-refractivity contribution >= 4 is 35.8 Å². The van der Waals surface area contributed by atoms with E-state index in [4.69, 9.17) is 0 Å². The van der Waals surface area contributed by atoms with E-state index in [2.05, 4.69) is 32.8 Å². The van der Waals surface area contributed by atoms with Crippen LogP contribution in [0.5, 0.6) is 0 Å². The number of carbonyl (C=O) groups excluding carboxylic acids is 1. The van der Waals surface area contributed by atoms with Crippen LogP contribution in [0.2, 0.25) is 0 Å². The zero-order valence-electron chi connectivity index (χ0n) is 14.4. The van der Waals surface area contributed by atoms with E-state index in [0.717, 1.165) is 25.1 Å². The van der Waals surface area contributed by atoms with Gasteiger partial charge in [0.2, 0.25) is 5.91 Å². The van der Waals surface area contributed by atoms with Gasteiger partial charge in [-0.3, -0.25) is 14.7 Å². The van der Waals surface area contributed by atoms with Crippen molar-refractivity contribution in [3.63, 3.8) is 0 Å². The van der Waals surface area contributed by atoms with Crippen molar-refractivity contribution < 1.29 is 4.79 Å². The molecule has 1 atom stereocenters. The van der Waals surface area contributed by atoms with Crippen LogP contribution >= 0.6 is 24.0 Å². The quantitative estimate of drug-likeness (QED) is 0.254. The van der Waals surface area contributed by atoms with Crippen molar-refractivity contribution in [2.75, 3.05) is 32.7 Å². The topological polar surface area (TPSA) is 68.8 Å². The summed E-state index contributed by atoms with van der Waals surface area (Å²) in [7, 11) is 0. The molecule has 134 valence electrons. The summed E-state index contributed by atoms with van der Waals surface area (Å²) in [6, 6.07) is 1.30. The van der Waals surface area contributed by atoms with Gasteiger partial charge in [-0.25, -0.2) is 0 Å². The third kappa shape index (κ3) is 7.24. The van der Waals surface area contributed by atoms with Gasteiger partial charge in [0.1, 0.15) is 0 Å². The predicted octanol–water partition coefficient (Wildman–Crippen LogP) is 1.31. The molecule has 0 spiro atoms. The lowest BCUT2D eigenvalue weighted by Crippen LogP contribution is -2.45. The normalized spacial score (nSPS) is 22.7. The van der Waals surface area contributed by atoms with Crippen LogP contribution in [0.1, 0.15) is 46.0 Å². The van der Waals surface area contributed by atoms with Crippen LogP contribution in [0.4, 0.5) is 0 Å². The number of hydrogen-bond donors (Lipinski definition) is 3. The molecule has 1 heterocycles. The molecule has 7 heteroatoms. The maximum absolute atomic E-state index is 10.9. The Morgan fingerprint density at radius 2 is 1.96 bits per heavy atom. The number of nitrogens with one attached hydrogen (secondary N) is 3. The monoisotopic (exact) mass is 437 g/mol. The van der Waals surface area contributed by atoms with E-state index >= 15 is 0 Å². The smallest absolute Gasteiger partial charge is 0.216 e. The Morgan fingerprint density at radius 3 is 2.61 bits per heavy atom. The molecule has 2 fully saturated rings. The first-order valence-electron chi connectivity index (χ1n) is 8.72. The van der Waals surface area contributed by atoms with Gasteiger partial charge in [0.05, 0.1) is 6.54 Å². The highest BCUT2D eigenvalue weighted by Gasteiger charge is 2.30. The van der Waals surface area contributed by atoms with Crippen LogP contribution in [0.25, 0.3) is 0 Å². The van der Waals surface area contributed by atoms with E-state index in [1.807, 2.05) is 0 Å². The molecule has 0 aromatic carbocycles.